The molecule has 19 heavy (non-hydrogen) atoms. The summed E-state index contributed by atoms with van der Waals surface area (Å²) in [5.74, 6) is 1.51. The quantitative estimate of drug-likeness (QED) is 0.441. The van der Waals surface area contributed by atoms with Crippen LogP contribution in [-0.4, -0.2) is 17.1 Å². The Bertz CT molecular complexity index is 642. The molecule has 2 rings (SSSR count). The van der Waals surface area contributed by atoms with Gasteiger partial charge in [-0.1, -0.05) is 11.8 Å². The first-order chi connectivity index (χ1) is 9.06. The maximum absolute atomic E-state index is 11.2. The van der Waals surface area contributed by atoms with Crippen molar-refractivity contribution in [2.24, 2.45) is 0 Å². The lowest BCUT2D eigenvalue weighted by Gasteiger charge is -2.06. The van der Waals surface area contributed by atoms with Gasteiger partial charge in [-0.15, -0.1) is 0 Å². The number of thioether (sulfide) groups is 1. The first kappa shape index (κ1) is 13.3. The number of hydrogen-bond acceptors (Lipinski definition) is 6. The van der Waals surface area contributed by atoms with Crippen LogP contribution < -0.4 is 21.8 Å². The average Bonchev–Trinajstić information content (AvgIpc) is 2.34. The van der Waals surface area contributed by atoms with Crippen LogP contribution in [0.1, 0.15) is 5.56 Å². The standard InChI is InChI=1S/C12H14N4O2S/c1-18-9-3-7(2-8(13)4-9)6-19-12-15-10(14)5-11(17)16-12/h2-5H,6,13H2,1H3,(H3,14,15,16,17). The lowest BCUT2D eigenvalue weighted by molar-refractivity contribution is 0.414. The Balaban J connectivity index is 2.14. The van der Waals surface area contributed by atoms with Crippen molar-refractivity contribution in [1.82, 2.24) is 9.97 Å². The van der Waals surface area contributed by atoms with E-state index in [1.165, 1.54) is 17.8 Å². The molecule has 1 aromatic carbocycles. The minimum absolute atomic E-state index is 0.205. The number of aromatic nitrogens is 2. The number of aromatic amines is 1. The summed E-state index contributed by atoms with van der Waals surface area (Å²) >= 11 is 1.37. The molecule has 0 aliphatic heterocycles. The van der Waals surface area contributed by atoms with E-state index in [9.17, 15) is 4.79 Å². The Morgan fingerprint density at radius 2 is 2.11 bits per heavy atom. The molecule has 0 spiro atoms. The van der Waals surface area contributed by atoms with Gasteiger partial charge in [0.25, 0.3) is 5.56 Å². The zero-order valence-electron chi connectivity index (χ0n) is 10.3. The van der Waals surface area contributed by atoms with Crippen molar-refractivity contribution < 1.29 is 4.74 Å². The molecule has 0 amide bonds. The second kappa shape index (κ2) is 5.66. The lowest BCUT2D eigenvalue weighted by atomic mass is 10.2. The summed E-state index contributed by atoms with van der Waals surface area (Å²) in [6.07, 6.45) is 0. The number of nitrogen functional groups attached to an aromatic ring is 2. The lowest BCUT2D eigenvalue weighted by Crippen LogP contribution is -2.09. The Hall–Kier alpha value is -2.15. The molecule has 0 saturated heterocycles. The van der Waals surface area contributed by atoms with Gasteiger partial charge in [0, 0.05) is 23.6 Å². The monoisotopic (exact) mass is 278 g/mol. The second-order valence-electron chi connectivity index (χ2n) is 3.88. The van der Waals surface area contributed by atoms with Gasteiger partial charge in [-0.25, -0.2) is 4.98 Å². The molecule has 0 unspecified atom stereocenters. The normalized spacial score (nSPS) is 10.4. The summed E-state index contributed by atoms with van der Waals surface area (Å²) in [4.78, 5) is 17.9. The smallest absolute Gasteiger partial charge is 0.253 e. The highest BCUT2D eigenvalue weighted by atomic mass is 32.2. The summed E-state index contributed by atoms with van der Waals surface area (Å²) in [5, 5.41) is 0.478. The first-order valence-corrected chi connectivity index (χ1v) is 6.48. The van der Waals surface area contributed by atoms with E-state index in [4.69, 9.17) is 16.2 Å². The SMILES string of the molecule is COc1cc(N)cc(CSc2nc(N)cc(=O)[nH]2)c1. The van der Waals surface area contributed by atoms with Gasteiger partial charge in [0.2, 0.25) is 0 Å². The van der Waals surface area contributed by atoms with E-state index < -0.39 is 0 Å². The molecule has 0 fully saturated rings. The fraction of sp³-hybridized carbons (Fsp3) is 0.167. The van der Waals surface area contributed by atoms with Crippen LogP contribution in [0.3, 0.4) is 0 Å². The fourth-order valence-corrected chi connectivity index (χ4v) is 2.37. The van der Waals surface area contributed by atoms with Crippen LogP contribution in [0.25, 0.3) is 0 Å². The molecule has 0 saturated carbocycles. The summed E-state index contributed by atoms with van der Waals surface area (Å²) in [7, 11) is 1.59. The van der Waals surface area contributed by atoms with Crippen LogP contribution in [0.15, 0.2) is 34.2 Å². The van der Waals surface area contributed by atoms with Crippen molar-refractivity contribution in [1.29, 1.82) is 0 Å². The molecular weight excluding hydrogens is 264 g/mol. The molecule has 100 valence electrons. The number of nitrogens with zero attached hydrogens (tertiary/aromatic N) is 1. The summed E-state index contributed by atoms with van der Waals surface area (Å²) in [6, 6.07) is 6.72. The van der Waals surface area contributed by atoms with E-state index in [1.54, 1.807) is 13.2 Å². The Morgan fingerprint density at radius 3 is 2.79 bits per heavy atom. The highest BCUT2D eigenvalue weighted by Crippen LogP contribution is 2.24. The molecule has 2 aromatic rings. The summed E-state index contributed by atoms with van der Waals surface area (Å²) in [6.45, 7) is 0. The van der Waals surface area contributed by atoms with Gasteiger partial charge in [0.1, 0.15) is 11.6 Å². The van der Waals surface area contributed by atoms with Crippen LogP contribution in [0.5, 0.6) is 5.75 Å². The van der Waals surface area contributed by atoms with Crippen molar-refractivity contribution in [2.75, 3.05) is 18.6 Å². The summed E-state index contributed by atoms with van der Waals surface area (Å²) in [5.41, 5.74) is 12.6. The number of methoxy groups -OCH3 is 1. The number of H-pyrrole nitrogens is 1. The minimum Gasteiger partial charge on any atom is -0.497 e. The Labute approximate surface area is 114 Å². The molecule has 0 aliphatic rings. The van der Waals surface area contributed by atoms with Gasteiger partial charge in [0.15, 0.2) is 5.16 Å². The molecule has 1 aromatic heterocycles. The molecule has 0 radical (unpaired) electrons. The van der Waals surface area contributed by atoms with E-state index in [0.717, 1.165) is 5.56 Å². The Morgan fingerprint density at radius 1 is 1.32 bits per heavy atom. The largest absolute Gasteiger partial charge is 0.497 e. The highest BCUT2D eigenvalue weighted by molar-refractivity contribution is 7.98. The van der Waals surface area contributed by atoms with Gasteiger partial charge in [-0.05, 0) is 17.7 Å². The van der Waals surface area contributed by atoms with Crippen molar-refractivity contribution in [3.8, 4) is 5.75 Å². The number of anilines is 2. The summed E-state index contributed by atoms with van der Waals surface area (Å²) < 4.78 is 5.14. The molecular formula is C12H14N4O2S. The third-order valence-electron chi connectivity index (χ3n) is 2.34. The molecule has 7 heteroatoms. The zero-order chi connectivity index (χ0) is 13.8. The van der Waals surface area contributed by atoms with Crippen LogP contribution in [-0.2, 0) is 5.75 Å². The van der Waals surface area contributed by atoms with Gasteiger partial charge in [-0.2, -0.15) is 0 Å². The molecule has 5 N–H and O–H groups in total. The molecule has 0 bridgehead atoms. The highest BCUT2D eigenvalue weighted by Gasteiger charge is 2.03. The zero-order valence-corrected chi connectivity index (χ0v) is 11.2. The van der Waals surface area contributed by atoms with E-state index in [1.807, 2.05) is 12.1 Å². The Kier molecular flexibility index (Phi) is 3.96. The number of ether oxygens (including phenoxy) is 1. The molecule has 1 heterocycles. The van der Waals surface area contributed by atoms with Gasteiger partial charge >= 0.3 is 0 Å². The van der Waals surface area contributed by atoms with Crippen LogP contribution >= 0.6 is 11.8 Å². The van der Waals surface area contributed by atoms with Crippen LogP contribution in [0, 0.1) is 0 Å². The van der Waals surface area contributed by atoms with E-state index in [-0.39, 0.29) is 11.4 Å². The molecule has 0 atom stereocenters. The van der Waals surface area contributed by atoms with Crippen molar-refractivity contribution in [2.45, 2.75) is 10.9 Å². The van der Waals surface area contributed by atoms with Gasteiger partial charge in [-0.3, -0.25) is 4.79 Å². The number of nitrogens with two attached hydrogens (primary N) is 2. The fourth-order valence-electron chi connectivity index (χ4n) is 1.56. The van der Waals surface area contributed by atoms with Crippen molar-refractivity contribution in [3.05, 3.63) is 40.2 Å². The first-order valence-electron chi connectivity index (χ1n) is 5.50. The van der Waals surface area contributed by atoms with Crippen LogP contribution in [0.4, 0.5) is 11.5 Å². The molecule has 0 aliphatic carbocycles. The minimum atomic E-state index is -0.264. The number of hydrogen-bond donors (Lipinski definition) is 3. The van der Waals surface area contributed by atoms with Crippen molar-refractivity contribution in [3.63, 3.8) is 0 Å². The topological polar surface area (TPSA) is 107 Å². The number of rotatable bonds is 4. The molecule has 6 nitrogen and oxygen atoms in total. The maximum atomic E-state index is 11.2. The van der Waals surface area contributed by atoms with E-state index >= 15 is 0 Å². The number of nitrogens with one attached hydrogen (secondary N) is 1. The predicted molar refractivity (Wildman–Crippen MR) is 76.2 cm³/mol. The van der Waals surface area contributed by atoms with E-state index in [0.29, 0.717) is 22.3 Å². The third-order valence-corrected chi connectivity index (χ3v) is 3.28. The number of benzene rings is 1. The second-order valence-corrected chi connectivity index (χ2v) is 4.84. The average molecular weight is 278 g/mol. The van der Waals surface area contributed by atoms with E-state index in [2.05, 4.69) is 9.97 Å². The maximum Gasteiger partial charge on any atom is 0.253 e. The van der Waals surface area contributed by atoms with Crippen LogP contribution in [0.2, 0.25) is 0 Å². The van der Waals surface area contributed by atoms with Gasteiger partial charge in [0.05, 0.1) is 7.11 Å². The third kappa shape index (κ3) is 3.65. The van der Waals surface area contributed by atoms with Gasteiger partial charge < -0.3 is 21.2 Å². The predicted octanol–water partition coefficient (Wildman–Crippen LogP) is 1.24. The van der Waals surface area contributed by atoms with Crippen molar-refractivity contribution >= 4 is 23.3 Å².